The van der Waals surface area contributed by atoms with Crippen LogP contribution in [-0.2, 0) is 11.3 Å². The van der Waals surface area contributed by atoms with E-state index in [1.54, 1.807) is 30.3 Å². The van der Waals surface area contributed by atoms with Gasteiger partial charge in [0.1, 0.15) is 5.75 Å². The third-order valence-corrected chi connectivity index (χ3v) is 3.32. The largest absolute Gasteiger partial charge is 0.495 e. The number of amides is 2. The Morgan fingerprint density at radius 3 is 2.71 bits per heavy atom. The Hall–Kier alpha value is -2.80. The van der Waals surface area contributed by atoms with E-state index in [1.165, 1.54) is 20.4 Å². The van der Waals surface area contributed by atoms with E-state index in [0.717, 1.165) is 0 Å². The zero-order valence-corrected chi connectivity index (χ0v) is 13.9. The van der Waals surface area contributed by atoms with E-state index in [2.05, 4.69) is 20.4 Å². The second-order valence-electron chi connectivity index (χ2n) is 4.68. The quantitative estimate of drug-likeness (QED) is 0.866. The highest BCUT2D eigenvalue weighted by Crippen LogP contribution is 2.28. The number of halogens is 1. The van der Waals surface area contributed by atoms with Crippen molar-refractivity contribution in [1.82, 2.24) is 10.3 Å². The van der Waals surface area contributed by atoms with Gasteiger partial charge in [-0.3, -0.25) is 9.78 Å². The van der Waals surface area contributed by atoms with Gasteiger partial charge in [0.25, 0.3) is 5.91 Å². The van der Waals surface area contributed by atoms with Crippen LogP contribution >= 0.6 is 11.6 Å². The van der Waals surface area contributed by atoms with Crippen molar-refractivity contribution in [2.75, 3.05) is 19.5 Å². The maximum atomic E-state index is 12.4. The summed E-state index contributed by atoms with van der Waals surface area (Å²) in [6.45, 7) is 0.147. The fraction of sp³-hybridized carbons (Fsp3) is 0.188. The van der Waals surface area contributed by atoms with Crippen LogP contribution in [0.15, 0.2) is 36.5 Å². The number of methoxy groups -OCH3 is 2. The third kappa shape index (κ3) is 4.60. The monoisotopic (exact) mass is 349 g/mol. The smallest absolute Gasteiger partial charge is 0.407 e. The van der Waals surface area contributed by atoms with Crippen LogP contribution in [-0.4, -0.2) is 31.2 Å². The van der Waals surface area contributed by atoms with E-state index in [1.807, 2.05) is 0 Å². The van der Waals surface area contributed by atoms with Gasteiger partial charge in [-0.1, -0.05) is 11.6 Å². The van der Waals surface area contributed by atoms with Crippen LogP contribution in [0.5, 0.6) is 5.75 Å². The van der Waals surface area contributed by atoms with Gasteiger partial charge in [0.2, 0.25) is 0 Å². The molecule has 1 aromatic heterocycles. The number of pyridine rings is 1. The topological polar surface area (TPSA) is 89.5 Å². The molecule has 24 heavy (non-hydrogen) atoms. The molecule has 0 saturated heterocycles. The first-order valence-corrected chi connectivity index (χ1v) is 7.33. The lowest BCUT2D eigenvalue weighted by Gasteiger charge is -2.11. The molecule has 0 aliphatic rings. The van der Waals surface area contributed by atoms with Crippen LogP contribution in [0.4, 0.5) is 10.5 Å². The summed E-state index contributed by atoms with van der Waals surface area (Å²) < 4.78 is 9.67. The summed E-state index contributed by atoms with van der Waals surface area (Å²) in [6, 6.07) is 8.06. The second-order valence-corrected chi connectivity index (χ2v) is 5.12. The predicted octanol–water partition coefficient (Wildman–Crippen LogP) is 2.85. The molecular formula is C16H16ClN3O4. The van der Waals surface area contributed by atoms with Crippen LogP contribution < -0.4 is 15.4 Å². The van der Waals surface area contributed by atoms with Gasteiger partial charge in [0.05, 0.1) is 32.1 Å². The average Bonchev–Trinajstić information content (AvgIpc) is 2.60. The first kappa shape index (κ1) is 17.6. The molecule has 0 radical (unpaired) electrons. The van der Waals surface area contributed by atoms with Gasteiger partial charge in [-0.2, -0.15) is 0 Å². The normalized spacial score (nSPS) is 9.96. The second kappa shape index (κ2) is 8.16. The third-order valence-electron chi connectivity index (χ3n) is 3.09. The average molecular weight is 350 g/mol. The Kier molecular flexibility index (Phi) is 5.97. The minimum Gasteiger partial charge on any atom is -0.495 e. The van der Waals surface area contributed by atoms with E-state index >= 15 is 0 Å². The van der Waals surface area contributed by atoms with Crippen molar-refractivity contribution in [3.63, 3.8) is 0 Å². The molecule has 0 aliphatic heterocycles. The standard InChI is InChI=1S/C16H16ClN3O4/c1-23-14-4-3-11(17)8-13(14)20-15(21)10-5-6-18-12(7-10)9-19-16(22)24-2/h3-8H,9H2,1-2H3,(H,19,22)(H,20,21). The number of ether oxygens (including phenoxy) is 2. The lowest BCUT2D eigenvalue weighted by Crippen LogP contribution is -2.23. The fourth-order valence-electron chi connectivity index (χ4n) is 1.92. The van der Waals surface area contributed by atoms with Crippen LogP contribution in [0.1, 0.15) is 16.1 Å². The fourth-order valence-corrected chi connectivity index (χ4v) is 2.10. The molecule has 0 fully saturated rings. The number of hydrogen-bond acceptors (Lipinski definition) is 5. The summed E-state index contributed by atoms with van der Waals surface area (Å²) in [7, 11) is 2.77. The number of nitrogens with zero attached hydrogens (tertiary/aromatic N) is 1. The molecule has 1 heterocycles. The molecule has 2 aromatic rings. The molecule has 126 valence electrons. The maximum absolute atomic E-state index is 12.4. The molecule has 2 N–H and O–H groups in total. The number of nitrogens with one attached hydrogen (secondary N) is 2. The van der Waals surface area contributed by atoms with Gasteiger partial charge in [-0.25, -0.2) is 4.79 Å². The van der Waals surface area contributed by atoms with Gasteiger partial charge in [0.15, 0.2) is 0 Å². The van der Waals surface area contributed by atoms with E-state index < -0.39 is 6.09 Å². The van der Waals surface area contributed by atoms with Crippen molar-refractivity contribution in [1.29, 1.82) is 0 Å². The highest BCUT2D eigenvalue weighted by Gasteiger charge is 2.11. The number of anilines is 1. The van der Waals surface area contributed by atoms with E-state index in [0.29, 0.717) is 27.7 Å². The van der Waals surface area contributed by atoms with Crippen molar-refractivity contribution in [3.8, 4) is 5.75 Å². The zero-order chi connectivity index (χ0) is 17.5. The Morgan fingerprint density at radius 2 is 2.00 bits per heavy atom. The summed E-state index contributed by atoms with van der Waals surface area (Å²) in [6.07, 6.45) is 0.911. The summed E-state index contributed by atoms with van der Waals surface area (Å²) in [4.78, 5) is 27.6. The molecular weight excluding hydrogens is 334 g/mol. The SMILES string of the molecule is COC(=O)NCc1cc(C(=O)Nc2cc(Cl)ccc2OC)ccn1. The van der Waals surface area contributed by atoms with Crippen LogP contribution in [0.2, 0.25) is 5.02 Å². The lowest BCUT2D eigenvalue weighted by atomic mass is 10.2. The van der Waals surface area contributed by atoms with Gasteiger partial charge in [0, 0.05) is 16.8 Å². The lowest BCUT2D eigenvalue weighted by molar-refractivity contribution is 0.102. The van der Waals surface area contributed by atoms with Crippen molar-refractivity contribution in [2.45, 2.75) is 6.54 Å². The molecule has 2 amide bonds. The highest BCUT2D eigenvalue weighted by molar-refractivity contribution is 6.31. The van der Waals surface area contributed by atoms with E-state index in [9.17, 15) is 9.59 Å². The Bertz CT molecular complexity index is 752. The molecule has 0 bridgehead atoms. The van der Waals surface area contributed by atoms with Crippen molar-refractivity contribution >= 4 is 29.3 Å². The molecule has 0 spiro atoms. The zero-order valence-electron chi connectivity index (χ0n) is 13.1. The van der Waals surface area contributed by atoms with Crippen molar-refractivity contribution in [2.24, 2.45) is 0 Å². The summed E-state index contributed by atoms with van der Waals surface area (Å²) in [5, 5.41) is 5.71. The number of rotatable bonds is 5. The minimum atomic E-state index is -0.574. The van der Waals surface area contributed by atoms with Gasteiger partial charge in [-0.05, 0) is 30.3 Å². The molecule has 2 rings (SSSR count). The first-order chi connectivity index (χ1) is 11.5. The highest BCUT2D eigenvalue weighted by atomic mass is 35.5. The van der Waals surface area contributed by atoms with Gasteiger partial charge in [-0.15, -0.1) is 0 Å². The summed E-state index contributed by atoms with van der Waals surface area (Å²) >= 11 is 5.94. The summed E-state index contributed by atoms with van der Waals surface area (Å²) in [5.74, 6) is 0.145. The first-order valence-electron chi connectivity index (χ1n) is 6.95. The number of hydrogen-bond donors (Lipinski definition) is 2. The van der Waals surface area contributed by atoms with Crippen LogP contribution in [0.25, 0.3) is 0 Å². The molecule has 8 heteroatoms. The molecule has 1 aromatic carbocycles. The number of carbonyl (C=O) groups is 2. The Balaban J connectivity index is 2.13. The molecule has 7 nitrogen and oxygen atoms in total. The van der Waals surface area contributed by atoms with E-state index in [-0.39, 0.29) is 12.5 Å². The van der Waals surface area contributed by atoms with Crippen LogP contribution in [0.3, 0.4) is 0 Å². The molecule has 0 unspecified atom stereocenters. The van der Waals surface area contributed by atoms with Crippen molar-refractivity contribution < 1.29 is 19.1 Å². The number of alkyl carbamates (subject to hydrolysis) is 1. The minimum absolute atomic E-state index is 0.147. The number of carbonyl (C=O) groups excluding carboxylic acids is 2. The van der Waals surface area contributed by atoms with Crippen LogP contribution in [0, 0.1) is 0 Å². The molecule has 0 saturated carbocycles. The van der Waals surface area contributed by atoms with Gasteiger partial charge < -0.3 is 20.1 Å². The molecule has 0 aliphatic carbocycles. The Morgan fingerprint density at radius 1 is 1.21 bits per heavy atom. The Labute approximate surface area is 143 Å². The molecule has 0 atom stereocenters. The summed E-state index contributed by atoms with van der Waals surface area (Å²) in [5.41, 5.74) is 1.36. The van der Waals surface area contributed by atoms with E-state index in [4.69, 9.17) is 16.3 Å². The maximum Gasteiger partial charge on any atom is 0.407 e. The number of aromatic nitrogens is 1. The van der Waals surface area contributed by atoms with Crippen molar-refractivity contribution in [3.05, 3.63) is 52.8 Å². The van der Waals surface area contributed by atoms with Gasteiger partial charge >= 0.3 is 6.09 Å². The predicted molar refractivity (Wildman–Crippen MR) is 89.4 cm³/mol. The number of benzene rings is 1.